The predicted molar refractivity (Wildman–Crippen MR) is 132 cm³/mol. The second kappa shape index (κ2) is 11.1. The van der Waals surface area contributed by atoms with Crippen LogP contribution in [-0.2, 0) is 0 Å². The minimum absolute atomic E-state index is 0. The highest BCUT2D eigenvalue weighted by atomic mass is 35.5. The van der Waals surface area contributed by atoms with Gasteiger partial charge in [0.1, 0.15) is 17.6 Å². The van der Waals surface area contributed by atoms with Crippen LogP contribution < -0.4 is 9.64 Å². The lowest BCUT2D eigenvalue weighted by atomic mass is 9.95. The van der Waals surface area contributed by atoms with Crippen molar-refractivity contribution < 1.29 is 9.13 Å². The summed E-state index contributed by atoms with van der Waals surface area (Å²) in [6, 6.07) is 15.2. The van der Waals surface area contributed by atoms with Gasteiger partial charge < -0.3 is 9.64 Å². The Morgan fingerprint density at radius 2 is 1.65 bits per heavy atom. The minimum Gasteiger partial charge on any atom is -0.497 e. The molecule has 1 atom stereocenters. The zero-order valence-corrected chi connectivity index (χ0v) is 20.3. The fourth-order valence-corrected chi connectivity index (χ4v) is 5.19. The number of aromatic nitrogens is 4. The molecule has 1 aliphatic carbocycles. The lowest BCUT2D eigenvalue weighted by Crippen LogP contribution is -2.48. The summed E-state index contributed by atoms with van der Waals surface area (Å²) in [6.07, 6.45) is 5.79. The van der Waals surface area contributed by atoms with Crippen LogP contribution in [0.1, 0.15) is 55.6 Å². The Morgan fingerprint density at radius 1 is 0.941 bits per heavy atom. The number of nitrogens with zero attached hydrogens (tertiary/aromatic N) is 6. The van der Waals surface area contributed by atoms with Crippen LogP contribution >= 0.6 is 12.4 Å². The first-order chi connectivity index (χ1) is 16.2. The van der Waals surface area contributed by atoms with Crippen molar-refractivity contribution in [1.82, 2.24) is 25.1 Å². The molecule has 1 saturated carbocycles. The van der Waals surface area contributed by atoms with E-state index < -0.39 is 0 Å². The highest BCUT2D eigenvalue weighted by molar-refractivity contribution is 5.85. The third-order valence-electron chi connectivity index (χ3n) is 7.00. The summed E-state index contributed by atoms with van der Waals surface area (Å²) < 4.78 is 22.3. The van der Waals surface area contributed by atoms with E-state index in [-0.39, 0.29) is 24.3 Å². The van der Waals surface area contributed by atoms with Gasteiger partial charge in [0.25, 0.3) is 0 Å². The van der Waals surface area contributed by atoms with Crippen molar-refractivity contribution >= 4 is 18.1 Å². The Bertz CT molecular complexity index is 1050. The van der Waals surface area contributed by atoms with Crippen molar-refractivity contribution in [2.24, 2.45) is 0 Å². The van der Waals surface area contributed by atoms with Crippen molar-refractivity contribution in [1.29, 1.82) is 0 Å². The minimum atomic E-state index is -0.304. The number of ether oxygens (including phenoxy) is 1. The Morgan fingerprint density at radius 3 is 2.32 bits per heavy atom. The smallest absolute Gasteiger partial charge is 0.173 e. The van der Waals surface area contributed by atoms with Crippen LogP contribution in [0.25, 0.3) is 0 Å². The summed E-state index contributed by atoms with van der Waals surface area (Å²) in [5.74, 6) is 1.40. The van der Waals surface area contributed by atoms with Crippen molar-refractivity contribution in [3.63, 3.8) is 0 Å². The molecule has 1 aliphatic heterocycles. The Labute approximate surface area is 206 Å². The number of hydrogen-bond acceptors (Lipinski definition) is 6. The largest absolute Gasteiger partial charge is 0.497 e. The maximum absolute atomic E-state index is 15.0. The number of halogens is 2. The van der Waals surface area contributed by atoms with Gasteiger partial charge in [0.05, 0.1) is 13.2 Å². The first-order valence-electron chi connectivity index (χ1n) is 11.9. The van der Waals surface area contributed by atoms with Crippen molar-refractivity contribution in [2.75, 3.05) is 38.2 Å². The van der Waals surface area contributed by atoms with Gasteiger partial charge in [-0.05, 0) is 53.6 Å². The zero-order chi connectivity index (χ0) is 22.6. The van der Waals surface area contributed by atoms with Crippen molar-refractivity contribution in [2.45, 2.75) is 44.2 Å². The average molecular weight is 487 g/mol. The van der Waals surface area contributed by atoms with Crippen LogP contribution in [0.15, 0.2) is 48.5 Å². The standard InChI is InChI=1S/C25H31FN6O.ClH/c1-33-21-13-11-19(12-14-21)30-15-17-31(18-16-30)24(22-9-5-6-10-23(22)26)25-27-28-29-32(25)20-7-3-2-4-8-20;/h5-6,9-14,20,24H,2-4,7-8,15-18H2,1H3;1H. The number of methoxy groups -OCH3 is 1. The van der Waals surface area contributed by atoms with E-state index in [1.54, 1.807) is 13.2 Å². The molecule has 0 spiro atoms. The van der Waals surface area contributed by atoms with Gasteiger partial charge in [0, 0.05) is 37.4 Å². The summed E-state index contributed by atoms with van der Waals surface area (Å²) in [4.78, 5) is 4.68. The number of tetrazole rings is 1. The molecule has 1 aromatic heterocycles. The lowest BCUT2D eigenvalue weighted by Gasteiger charge is -2.40. The number of benzene rings is 2. The molecule has 5 rings (SSSR count). The van der Waals surface area contributed by atoms with Crippen LogP contribution in [-0.4, -0.2) is 58.4 Å². The van der Waals surface area contributed by atoms with E-state index in [1.807, 2.05) is 28.9 Å². The maximum atomic E-state index is 15.0. The van der Waals surface area contributed by atoms with Gasteiger partial charge in [-0.2, -0.15) is 0 Å². The van der Waals surface area contributed by atoms with Crippen LogP contribution in [0.2, 0.25) is 0 Å². The van der Waals surface area contributed by atoms with E-state index in [2.05, 4.69) is 37.5 Å². The van der Waals surface area contributed by atoms with E-state index in [0.29, 0.717) is 11.6 Å². The van der Waals surface area contributed by atoms with Gasteiger partial charge in [0.15, 0.2) is 5.82 Å². The van der Waals surface area contributed by atoms with E-state index in [0.717, 1.165) is 50.6 Å². The molecular formula is C25H32ClFN6O. The van der Waals surface area contributed by atoms with E-state index >= 15 is 4.39 Å². The van der Waals surface area contributed by atoms with Gasteiger partial charge in [0.2, 0.25) is 0 Å². The fraction of sp³-hybridized carbons (Fsp3) is 0.480. The molecule has 0 radical (unpaired) electrons. The van der Waals surface area contributed by atoms with Gasteiger partial charge >= 0.3 is 0 Å². The van der Waals surface area contributed by atoms with Gasteiger partial charge in [-0.15, -0.1) is 17.5 Å². The quantitative estimate of drug-likeness (QED) is 0.505. The second-order valence-corrected chi connectivity index (χ2v) is 8.92. The monoisotopic (exact) mass is 486 g/mol. The topological polar surface area (TPSA) is 59.3 Å². The molecule has 2 fully saturated rings. The molecule has 0 bridgehead atoms. The normalized spacial score (nSPS) is 18.4. The number of piperazine rings is 1. The molecular weight excluding hydrogens is 455 g/mol. The Kier molecular flexibility index (Phi) is 8.00. The second-order valence-electron chi connectivity index (χ2n) is 8.92. The fourth-order valence-electron chi connectivity index (χ4n) is 5.19. The van der Waals surface area contributed by atoms with Crippen LogP contribution in [0.3, 0.4) is 0 Å². The molecule has 2 aromatic carbocycles. The third-order valence-corrected chi connectivity index (χ3v) is 7.00. The summed E-state index contributed by atoms with van der Waals surface area (Å²) in [5.41, 5.74) is 1.81. The summed E-state index contributed by atoms with van der Waals surface area (Å²) in [5, 5.41) is 12.9. The molecule has 1 unspecified atom stereocenters. The molecule has 9 heteroatoms. The molecule has 0 N–H and O–H groups in total. The lowest BCUT2D eigenvalue weighted by molar-refractivity contribution is 0.190. The highest BCUT2D eigenvalue weighted by Crippen LogP contribution is 2.35. The van der Waals surface area contributed by atoms with Crippen LogP contribution in [0.4, 0.5) is 10.1 Å². The predicted octanol–water partition coefficient (Wildman–Crippen LogP) is 4.66. The molecule has 0 amide bonds. The molecule has 2 aliphatic rings. The van der Waals surface area contributed by atoms with Gasteiger partial charge in [-0.3, -0.25) is 4.90 Å². The number of hydrogen-bond donors (Lipinski definition) is 0. The van der Waals surface area contributed by atoms with Gasteiger partial charge in [-0.1, -0.05) is 37.5 Å². The first kappa shape index (κ1) is 24.4. The van der Waals surface area contributed by atoms with Gasteiger partial charge in [-0.25, -0.2) is 9.07 Å². The SMILES string of the molecule is COc1ccc(N2CCN(C(c3ccccc3F)c3nnnn3C3CCCCC3)CC2)cc1.Cl. The van der Waals surface area contributed by atoms with E-state index in [1.165, 1.54) is 31.0 Å². The molecule has 182 valence electrons. The van der Waals surface area contributed by atoms with Crippen molar-refractivity contribution in [3.8, 4) is 5.75 Å². The Hall–Kier alpha value is -2.71. The molecule has 3 aromatic rings. The Balaban J connectivity index is 0.00000274. The molecule has 1 saturated heterocycles. The summed E-state index contributed by atoms with van der Waals surface area (Å²) >= 11 is 0. The average Bonchev–Trinajstić information content (AvgIpc) is 3.36. The number of anilines is 1. The maximum Gasteiger partial charge on any atom is 0.173 e. The molecule has 2 heterocycles. The zero-order valence-electron chi connectivity index (χ0n) is 19.5. The third kappa shape index (κ3) is 5.03. The van der Waals surface area contributed by atoms with Crippen LogP contribution in [0.5, 0.6) is 5.75 Å². The van der Waals surface area contributed by atoms with E-state index in [4.69, 9.17) is 4.74 Å². The highest BCUT2D eigenvalue weighted by Gasteiger charge is 2.34. The summed E-state index contributed by atoms with van der Waals surface area (Å²) in [7, 11) is 1.68. The number of rotatable bonds is 6. The molecule has 7 nitrogen and oxygen atoms in total. The first-order valence-corrected chi connectivity index (χ1v) is 11.9. The van der Waals surface area contributed by atoms with E-state index in [9.17, 15) is 0 Å². The van der Waals surface area contributed by atoms with Crippen LogP contribution in [0, 0.1) is 5.82 Å². The summed E-state index contributed by atoms with van der Waals surface area (Å²) in [6.45, 7) is 3.29. The molecule has 34 heavy (non-hydrogen) atoms. The van der Waals surface area contributed by atoms with Crippen molar-refractivity contribution in [3.05, 3.63) is 65.7 Å².